The van der Waals surface area contributed by atoms with Gasteiger partial charge in [-0.25, -0.2) is 17.6 Å². The minimum absolute atomic E-state index is 0.745. The lowest BCUT2D eigenvalue weighted by Crippen LogP contribution is -2.51. The van der Waals surface area contributed by atoms with Crippen LogP contribution in [0.25, 0.3) is 0 Å². The number of hydrogen-bond donors (Lipinski definition) is 0. The first-order chi connectivity index (χ1) is 12.4. The van der Waals surface area contributed by atoms with Crippen molar-refractivity contribution < 1.29 is 71.7 Å². The number of hydrogen-bond acceptors (Lipinski definition) is 4. The highest BCUT2D eigenvalue weighted by atomic mass is 19.4. The van der Waals surface area contributed by atoms with Gasteiger partial charge in [0.2, 0.25) is 0 Å². The van der Waals surface area contributed by atoms with E-state index in [0.29, 0.717) is 0 Å². The Hall–Kier alpha value is -1.90. The van der Waals surface area contributed by atoms with Crippen molar-refractivity contribution in [3.05, 3.63) is 0 Å². The zero-order chi connectivity index (χ0) is 22.6. The lowest BCUT2D eigenvalue weighted by molar-refractivity contribution is -0.356. The van der Waals surface area contributed by atoms with E-state index in [1.54, 1.807) is 0 Å². The molecule has 0 amide bonds. The van der Waals surface area contributed by atoms with Gasteiger partial charge < -0.3 is 9.47 Å². The van der Waals surface area contributed by atoms with E-state index in [1.807, 2.05) is 0 Å². The van der Waals surface area contributed by atoms with E-state index in [1.165, 1.54) is 0 Å². The standard InChI is InChI=1S/C12H10F12O4/c13-7(14)9(17,11(19,20)21)27-5(25)3-1-2-4-6(26)28-10(18,8(15)16)12(22,23)24/h7-8H,1-4H2. The van der Waals surface area contributed by atoms with Gasteiger partial charge in [-0.1, -0.05) is 0 Å². The van der Waals surface area contributed by atoms with Crippen molar-refractivity contribution in [2.45, 2.75) is 62.6 Å². The molecule has 0 saturated carbocycles. The van der Waals surface area contributed by atoms with Gasteiger partial charge in [-0.2, -0.15) is 35.1 Å². The van der Waals surface area contributed by atoms with Gasteiger partial charge in [0.05, 0.1) is 0 Å². The molecule has 0 aliphatic rings. The summed E-state index contributed by atoms with van der Waals surface area (Å²) in [5.74, 6) is -15.5. The molecule has 166 valence electrons. The van der Waals surface area contributed by atoms with Crippen molar-refractivity contribution >= 4 is 11.9 Å². The van der Waals surface area contributed by atoms with Crippen molar-refractivity contribution in [3.8, 4) is 0 Å². The van der Waals surface area contributed by atoms with Crippen LogP contribution >= 0.6 is 0 Å². The Morgan fingerprint density at radius 1 is 0.607 bits per heavy atom. The molecule has 0 saturated heterocycles. The number of esters is 2. The summed E-state index contributed by atoms with van der Waals surface area (Å²) < 4.78 is 154. The van der Waals surface area contributed by atoms with Crippen LogP contribution in [-0.2, 0) is 19.1 Å². The summed E-state index contributed by atoms with van der Waals surface area (Å²) in [4.78, 5) is 22.0. The van der Waals surface area contributed by atoms with E-state index in [9.17, 15) is 62.3 Å². The van der Waals surface area contributed by atoms with Crippen LogP contribution in [0.15, 0.2) is 0 Å². The molecule has 4 nitrogen and oxygen atoms in total. The van der Waals surface area contributed by atoms with Crippen molar-refractivity contribution in [2.75, 3.05) is 0 Å². The van der Waals surface area contributed by atoms with Crippen LogP contribution < -0.4 is 0 Å². The second kappa shape index (κ2) is 9.07. The van der Waals surface area contributed by atoms with Crippen LogP contribution in [0.2, 0.25) is 0 Å². The van der Waals surface area contributed by atoms with Gasteiger partial charge in [-0.05, 0) is 12.8 Å². The van der Waals surface area contributed by atoms with E-state index in [4.69, 9.17) is 0 Å². The largest absolute Gasteiger partial charge is 0.466 e. The molecule has 0 N–H and O–H groups in total. The number of carbonyl (C=O) groups excluding carboxylic acids is 2. The molecular formula is C12H10F12O4. The van der Waals surface area contributed by atoms with Gasteiger partial charge >= 0.3 is 48.9 Å². The summed E-state index contributed by atoms with van der Waals surface area (Å²) in [6.07, 6.45) is -26.1. The number of carbonyl (C=O) groups is 2. The molecule has 0 aromatic carbocycles. The summed E-state index contributed by atoms with van der Waals surface area (Å²) in [6, 6.07) is 0. The predicted molar refractivity (Wildman–Crippen MR) is 62.4 cm³/mol. The monoisotopic (exact) mass is 446 g/mol. The molecule has 2 atom stereocenters. The predicted octanol–water partition coefficient (Wildman–Crippen LogP) is 4.62. The Kier molecular flexibility index (Phi) is 8.45. The van der Waals surface area contributed by atoms with E-state index >= 15 is 0 Å². The van der Waals surface area contributed by atoms with Crippen LogP contribution in [0.4, 0.5) is 52.7 Å². The maximum Gasteiger partial charge on any atom is 0.466 e. The molecule has 0 radical (unpaired) electrons. The first-order valence-electron chi connectivity index (χ1n) is 6.89. The Morgan fingerprint density at radius 2 is 0.857 bits per heavy atom. The van der Waals surface area contributed by atoms with Crippen molar-refractivity contribution in [3.63, 3.8) is 0 Å². The number of unbranched alkanes of at least 4 members (excludes halogenated alkanes) is 1. The lowest BCUT2D eigenvalue weighted by atomic mass is 10.2. The molecule has 2 unspecified atom stereocenters. The molecule has 16 heteroatoms. The molecule has 0 aromatic rings. The third-order valence-electron chi connectivity index (χ3n) is 2.87. The molecule has 0 aliphatic carbocycles. The highest BCUT2D eigenvalue weighted by Crippen LogP contribution is 2.41. The van der Waals surface area contributed by atoms with Crippen LogP contribution in [0.1, 0.15) is 25.7 Å². The minimum atomic E-state index is -6.28. The fraction of sp³-hybridized carbons (Fsp3) is 0.833. The molecular weight excluding hydrogens is 436 g/mol. The summed E-state index contributed by atoms with van der Waals surface area (Å²) in [5.41, 5.74) is 0. The van der Waals surface area contributed by atoms with Gasteiger partial charge in [-0.15, -0.1) is 0 Å². The average Bonchev–Trinajstić information content (AvgIpc) is 2.48. The van der Waals surface area contributed by atoms with Crippen molar-refractivity contribution in [1.82, 2.24) is 0 Å². The summed E-state index contributed by atoms with van der Waals surface area (Å²) in [5, 5.41) is 0. The molecule has 0 aromatic heterocycles. The Labute approximate surface area is 147 Å². The Morgan fingerprint density at radius 3 is 1.04 bits per heavy atom. The van der Waals surface area contributed by atoms with Crippen molar-refractivity contribution in [2.24, 2.45) is 0 Å². The molecule has 28 heavy (non-hydrogen) atoms. The molecule has 0 rings (SSSR count). The second-order valence-corrected chi connectivity index (χ2v) is 5.04. The summed E-state index contributed by atoms with van der Waals surface area (Å²) in [6.45, 7) is 0. The van der Waals surface area contributed by atoms with Gasteiger partial charge in [0.25, 0.3) is 0 Å². The van der Waals surface area contributed by atoms with Crippen LogP contribution in [0, 0.1) is 0 Å². The number of rotatable bonds is 9. The lowest BCUT2D eigenvalue weighted by Gasteiger charge is -2.26. The first-order valence-corrected chi connectivity index (χ1v) is 6.89. The summed E-state index contributed by atoms with van der Waals surface area (Å²) in [7, 11) is 0. The normalized spacial score (nSPS) is 17.2. The third kappa shape index (κ3) is 6.32. The Bertz CT molecular complexity index is 498. The highest BCUT2D eigenvalue weighted by Gasteiger charge is 2.67. The van der Waals surface area contributed by atoms with Crippen molar-refractivity contribution in [1.29, 1.82) is 0 Å². The molecule has 0 heterocycles. The van der Waals surface area contributed by atoms with E-state index in [2.05, 4.69) is 9.47 Å². The van der Waals surface area contributed by atoms with Crippen LogP contribution in [-0.4, -0.2) is 48.9 Å². The van der Waals surface area contributed by atoms with Gasteiger partial charge in [0.15, 0.2) is 0 Å². The van der Waals surface area contributed by atoms with E-state index in [-0.39, 0.29) is 0 Å². The maximum absolute atomic E-state index is 13.1. The fourth-order valence-corrected chi connectivity index (χ4v) is 1.42. The molecule has 0 fully saturated rings. The number of alkyl halides is 12. The third-order valence-corrected chi connectivity index (χ3v) is 2.87. The second-order valence-electron chi connectivity index (χ2n) is 5.04. The molecule has 0 bridgehead atoms. The number of halogens is 12. The topological polar surface area (TPSA) is 52.6 Å². The SMILES string of the molecule is O=C(CCCCC(=O)OC(F)(C(F)F)C(F)(F)F)OC(F)(C(F)F)C(F)(F)F. The van der Waals surface area contributed by atoms with E-state index in [0.717, 1.165) is 0 Å². The zero-order valence-electron chi connectivity index (χ0n) is 13.2. The number of ether oxygens (including phenoxy) is 2. The quantitative estimate of drug-likeness (QED) is 0.295. The maximum atomic E-state index is 13.1. The molecule has 0 aliphatic heterocycles. The van der Waals surface area contributed by atoms with E-state index < -0.39 is 74.5 Å². The van der Waals surface area contributed by atoms with Gasteiger partial charge in [-0.3, -0.25) is 9.59 Å². The average molecular weight is 446 g/mol. The minimum Gasteiger partial charge on any atom is -0.415 e. The highest BCUT2D eigenvalue weighted by molar-refractivity contribution is 5.71. The van der Waals surface area contributed by atoms with Gasteiger partial charge in [0, 0.05) is 12.8 Å². The smallest absolute Gasteiger partial charge is 0.415 e. The molecule has 0 spiro atoms. The zero-order valence-corrected chi connectivity index (χ0v) is 13.2. The fourth-order valence-electron chi connectivity index (χ4n) is 1.42. The van der Waals surface area contributed by atoms with Gasteiger partial charge in [0.1, 0.15) is 0 Å². The van der Waals surface area contributed by atoms with Crippen LogP contribution in [0.5, 0.6) is 0 Å². The Balaban J connectivity index is 4.60. The first kappa shape index (κ1) is 26.1. The summed E-state index contributed by atoms with van der Waals surface area (Å²) >= 11 is 0. The van der Waals surface area contributed by atoms with Crippen LogP contribution in [0.3, 0.4) is 0 Å².